The van der Waals surface area contributed by atoms with Crippen LogP contribution in [0.3, 0.4) is 0 Å². The molecule has 0 amide bonds. The Hall–Kier alpha value is -2.61. The zero-order valence-corrected chi connectivity index (χ0v) is 17.9. The number of hydrogen-bond acceptors (Lipinski definition) is 6. The number of methoxy groups -OCH3 is 1. The van der Waals surface area contributed by atoms with Crippen LogP contribution in [0.5, 0.6) is 5.75 Å². The Bertz CT molecular complexity index is 820. The standard InChI is InChI=1S/C20H28N4O3S/c1-6-27-19(25)17-13(2)23-18(28-17)14(3)24-20(21-4)22-11-10-15-8-7-9-16(12-15)26-5/h7-9,12,14H,6,10-11H2,1-5H3,(H2,21,22,24). The van der Waals surface area contributed by atoms with Gasteiger partial charge < -0.3 is 20.1 Å². The molecule has 1 aromatic carbocycles. The lowest BCUT2D eigenvalue weighted by Crippen LogP contribution is -2.39. The lowest BCUT2D eigenvalue weighted by atomic mass is 10.1. The number of aliphatic imine (C=N–C) groups is 1. The van der Waals surface area contributed by atoms with Gasteiger partial charge in [-0.2, -0.15) is 0 Å². The van der Waals surface area contributed by atoms with Crippen LogP contribution in [0.4, 0.5) is 0 Å². The van der Waals surface area contributed by atoms with E-state index in [-0.39, 0.29) is 12.0 Å². The number of hydrogen-bond donors (Lipinski definition) is 2. The van der Waals surface area contributed by atoms with Crippen molar-refractivity contribution in [2.75, 3.05) is 27.3 Å². The molecule has 2 rings (SSSR count). The Morgan fingerprint density at radius 2 is 2.18 bits per heavy atom. The Kier molecular flexibility index (Phi) is 8.25. The zero-order valence-electron chi connectivity index (χ0n) is 17.0. The highest BCUT2D eigenvalue weighted by molar-refractivity contribution is 7.13. The van der Waals surface area contributed by atoms with Gasteiger partial charge in [0.15, 0.2) is 5.96 Å². The van der Waals surface area contributed by atoms with E-state index in [4.69, 9.17) is 9.47 Å². The quantitative estimate of drug-likeness (QED) is 0.400. The minimum atomic E-state index is -0.322. The van der Waals surface area contributed by atoms with Gasteiger partial charge in [0.25, 0.3) is 0 Å². The maximum absolute atomic E-state index is 12.0. The van der Waals surface area contributed by atoms with E-state index in [9.17, 15) is 4.79 Å². The molecule has 1 unspecified atom stereocenters. The Labute approximate surface area is 170 Å². The molecule has 1 atom stereocenters. The first-order chi connectivity index (χ1) is 13.5. The predicted octanol–water partition coefficient (Wildman–Crippen LogP) is 3.11. The SMILES string of the molecule is CCOC(=O)c1sc(C(C)NC(=NC)NCCc2cccc(OC)c2)nc1C. The number of nitrogens with zero attached hydrogens (tertiary/aromatic N) is 2. The van der Waals surface area contributed by atoms with E-state index < -0.39 is 0 Å². The van der Waals surface area contributed by atoms with Gasteiger partial charge in [-0.25, -0.2) is 9.78 Å². The molecule has 0 aliphatic rings. The topological polar surface area (TPSA) is 84.8 Å². The van der Waals surface area contributed by atoms with Gasteiger partial charge >= 0.3 is 5.97 Å². The summed E-state index contributed by atoms with van der Waals surface area (Å²) in [6.45, 7) is 6.68. The minimum Gasteiger partial charge on any atom is -0.497 e. The van der Waals surface area contributed by atoms with E-state index in [0.29, 0.717) is 23.1 Å². The van der Waals surface area contributed by atoms with E-state index in [1.54, 1.807) is 21.1 Å². The van der Waals surface area contributed by atoms with Crippen molar-refractivity contribution < 1.29 is 14.3 Å². The number of ether oxygens (including phenoxy) is 2. The first-order valence-corrected chi connectivity index (χ1v) is 10.0. The van der Waals surface area contributed by atoms with Crippen LogP contribution < -0.4 is 15.4 Å². The van der Waals surface area contributed by atoms with Gasteiger partial charge in [0.05, 0.1) is 25.5 Å². The second kappa shape index (κ2) is 10.7. The van der Waals surface area contributed by atoms with Crippen LogP contribution in [0, 0.1) is 6.92 Å². The number of esters is 1. The Morgan fingerprint density at radius 3 is 2.86 bits per heavy atom. The molecular formula is C20H28N4O3S. The molecule has 2 aromatic rings. The molecule has 0 aliphatic heterocycles. The third kappa shape index (κ3) is 5.95. The second-order valence-corrected chi connectivity index (χ2v) is 7.18. The highest BCUT2D eigenvalue weighted by Gasteiger charge is 2.20. The van der Waals surface area contributed by atoms with Crippen molar-refractivity contribution in [3.8, 4) is 5.75 Å². The molecule has 0 fully saturated rings. The number of benzene rings is 1. The van der Waals surface area contributed by atoms with Crippen molar-refractivity contribution in [3.63, 3.8) is 0 Å². The normalized spacial score (nSPS) is 12.4. The smallest absolute Gasteiger partial charge is 0.350 e. The monoisotopic (exact) mass is 404 g/mol. The van der Waals surface area contributed by atoms with Crippen LogP contribution >= 0.6 is 11.3 Å². The minimum absolute atomic E-state index is 0.0881. The van der Waals surface area contributed by atoms with Crippen molar-refractivity contribution in [3.05, 3.63) is 45.4 Å². The van der Waals surface area contributed by atoms with Crippen LogP contribution in [0.15, 0.2) is 29.3 Å². The van der Waals surface area contributed by atoms with E-state index in [1.807, 2.05) is 32.0 Å². The molecule has 2 N–H and O–H groups in total. The molecule has 152 valence electrons. The summed E-state index contributed by atoms with van der Waals surface area (Å²) in [5, 5.41) is 7.43. The summed E-state index contributed by atoms with van der Waals surface area (Å²) in [6, 6.07) is 7.91. The van der Waals surface area contributed by atoms with Crippen molar-refractivity contribution in [2.45, 2.75) is 33.2 Å². The molecule has 0 saturated heterocycles. The summed E-state index contributed by atoms with van der Waals surface area (Å²) in [5.74, 6) is 1.21. The van der Waals surface area contributed by atoms with Crippen molar-refractivity contribution in [1.82, 2.24) is 15.6 Å². The van der Waals surface area contributed by atoms with Crippen LogP contribution in [0.1, 0.15) is 45.8 Å². The number of thiazole rings is 1. The molecule has 0 radical (unpaired) electrons. The van der Waals surface area contributed by atoms with Gasteiger partial charge in [0.1, 0.15) is 15.6 Å². The number of nitrogens with one attached hydrogen (secondary N) is 2. The average Bonchev–Trinajstić information content (AvgIpc) is 3.09. The maximum Gasteiger partial charge on any atom is 0.350 e. The van der Waals surface area contributed by atoms with Crippen molar-refractivity contribution >= 4 is 23.3 Å². The number of carbonyl (C=O) groups excluding carboxylic acids is 1. The number of aromatic nitrogens is 1. The Morgan fingerprint density at radius 1 is 1.39 bits per heavy atom. The van der Waals surface area contributed by atoms with Crippen LogP contribution in [-0.2, 0) is 11.2 Å². The number of rotatable bonds is 8. The maximum atomic E-state index is 12.0. The Balaban J connectivity index is 1.91. The summed E-state index contributed by atoms with van der Waals surface area (Å²) in [6.07, 6.45) is 0.843. The third-order valence-corrected chi connectivity index (χ3v) is 5.38. The molecule has 0 bridgehead atoms. The first kappa shape index (κ1) is 21.7. The molecule has 0 aliphatic carbocycles. The van der Waals surface area contributed by atoms with Gasteiger partial charge in [-0.15, -0.1) is 11.3 Å². The fourth-order valence-corrected chi connectivity index (χ4v) is 3.57. The summed E-state index contributed by atoms with van der Waals surface area (Å²) in [4.78, 5) is 21.3. The molecule has 28 heavy (non-hydrogen) atoms. The van der Waals surface area contributed by atoms with Gasteiger partial charge in [-0.05, 0) is 44.9 Å². The number of guanidine groups is 1. The molecule has 1 heterocycles. The number of carbonyl (C=O) groups is 1. The fourth-order valence-electron chi connectivity index (χ4n) is 2.60. The summed E-state index contributed by atoms with van der Waals surface area (Å²) in [7, 11) is 3.39. The first-order valence-electron chi connectivity index (χ1n) is 9.23. The van der Waals surface area contributed by atoms with E-state index >= 15 is 0 Å². The lowest BCUT2D eigenvalue weighted by molar-refractivity contribution is 0.0531. The molecule has 0 spiro atoms. The highest BCUT2D eigenvalue weighted by Crippen LogP contribution is 2.24. The molecule has 8 heteroatoms. The molecular weight excluding hydrogens is 376 g/mol. The van der Waals surface area contributed by atoms with Gasteiger partial charge in [-0.3, -0.25) is 4.99 Å². The summed E-state index contributed by atoms with van der Waals surface area (Å²) < 4.78 is 10.3. The summed E-state index contributed by atoms with van der Waals surface area (Å²) in [5.41, 5.74) is 1.87. The molecule has 7 nitrogen and oxygen atoms in total. The van der Waals surface area contributed by atoms with E-state index in [2.05, 4.69) is 26.7 Å². The number of aryl methyl sites for hydroxylation is 1. The van der Waals surface area contributed by atoms with E-state index in [1.165, 1.54) is 16.9 Å². The average molecular weight is 405 g/mol. The van der Waals surface area contributed by atoms with Gasteiger partial charge in [-0.1, -0.05) is 12.1 Å². The highest BCUT2D eigenvalue weighted by atomic mass is 32.1. The fraction of sp³-hybridized carbons (Fsp3) is 0.450. The molecule has 1 aromatic heterocycles. The predicted molar refractivity (Wildman–Crippen MR) is 112 cm³/mol. The van der Waals surface area contributed by atoms with Crippen molar-refractivity contribution in [2.24, 2.45) is 4.99 Å². The molecule has 0 saturated carbocycles. The largest absolute Gasteiger partial charge is 0.497 e. The third-order valence-electron chi connectivity index (χ3n) is 4.06. The van der Waals surface area contributed by atoms with Crippen LogP contribution in [0.25, 0.3) is 0 Å². The van der Waals surface area contributed by atoms with Gasteiger partial charge in [0, 0.05) is 13.6 Å². The van der Waals surface area contributed by atoms with E-state index in [0.717, 1.165) is 23.7 Å². The van der Waals surface area contributed by atoms with Crippen molar-refractivity contribution in [1.29, 1.82) is 0 Å². The zero-order chi connectivity index (χ0) is 20.5. The summed E-state index contributed by atoms with van der Waals surface area (Å²) >= 11 is 1.35. The van der Waals surface area contributed by atoms with Gasteiger partial charge in [0.2, 0.25) is 0 Å². The second-order valence-electron chi connectivity index (χ2n) is 6.15. The van der Waals surface area contributed by atoms with Crippen LogP contribution in [0.2, 0.25) is 0 Å². The van der Waals surface area contributed by atoms with Crippen LogP contribution in [-0.4, -0.2) is 44.2 Å². The lowest BCUT2D eigenvalue weighted by Gasteiger charge is -2.16.